The van der Waals surface area contributed by atoms with Gasteiger partial charge in [0.15, 0.2) is 0 Å². The van der Waals surface area contributed by atoms with Gasteiger partial charge in [-0.3, -0.25) is 0 Å². The Morgan fingerprint density at radius 3 is 2.52 bits per heavy atom. The fourth-order valence-electron chi connectivity index (χ4n) is 2.82. The SMILES string of the molecule is CCO[C@@H]1CN(C(=O)OC(C)(C)C)CC[C@H]1Oc1cccc(C(F)(F)F)c1. The zero-order valence-corrected chi connectivity index (χ0v) is 16.0. The maximum Gasteiger partial charge on any atom is 0.416 e. The van der Waals surface area contributed by atoms with Gasteiger partial charge in [-0.05, 0) is 45.9 Å². The Bertz CT molecular complexity index is 643. The molecule has 0 spiro atoms. The van der Waals surface area contributed by atoms with Gasteiger partial charge in [-0.25, -0.2) is 4.79 Å². The smallest absolute Gasteiger partial charge is 0.416 e. The van der Waals surface area contributed by atoms with Crippen molar-refractivity contribution in [2.75, 3.05) is 19.7 Å². The zero-order chi connectivity index (χ0) is 20.2. The van der Waals surface area contributed by atoms with Crippen molar-refractivity contribution >= 4 is 6.09 Å². The summed E-state index contributed by atoms with van der Waals surface area (Å²) in [5.74, 6) is 0.130. The maximum absolute atomic E-state index is 12.9. The van der Waals surface area contributed by atoms with Gasteiger partial charge in [0, 0.05) is 19.6 Å². The average molecular weight is 389 g/mol. The van der Waals surface area contributed by atoms with Gasteiger partial charge in [0.2, 0.25) is 0 Å². The third-order valence-electron chi connectivity index (χ3n) is 3.98. The van der Waals surface area contributed by atoms with E-state index in [0.29, 0.717) is 19.6 Å². The van der Waals surface area contributed by atoms with Crippen molar-refractivity contribution in [3.8, 4) is 5.75 Å². The van der Waals surface area contributed by atoms with E-state index < -0.39 is 35.6 Å². The van der Waals surface area contributed by atoms with E-state index in [9.17, 15) is 18.0 Å². The van der Waals surface area contributed by atoms with Gasteiger partial charge in [-0.1, -0.05) is 6.07 Å². The van der Waals surface area contributed by atoms with Gasteiger partial charge < -0.3 is 19.1 Å². The summed E-state index contributed by atoms with van der Waals surface area (Å²) in [6.07, 6.45) is -5.35. The Hall–Kier alpha value is -1.96. The van der Waals surface area contributed by atoms with E-state index >= 15 is 0 Å². The highest BCUT2D eigenvalue weighted by atomic mass is 19.4. The van der Waals surface area contributed by atoms with Crippen LogP contribution in [0.4, 0.5) is 18.0 Å². The topological polar surface area (TPSA) is 48.0 Å². The molecule has 1 fully saturated rings. The number of nitrogens with zero attached hydrogens (tertiary/aromatic N) is 1. The Morgan fingerprint density at radius 2 is 1.93 bits per heavy atom. The van der Waals surface area contributed by atoms with Gasteiger partial charge in [-0.2, -0.15) is 13.2 Å². The van der Waals surface area contributed by atoms with E-state index in [-0.39, 0.29) is 12.3 Å². The molecule has 0 N–H and O–H groups in total. The molecule has 1 aliphatic heterocycles. The molecule has 0 bridgehead atoms. The third kappa shape index (κ3) is 6.30. The molecule has 1 saturated heterocycles. The van der Waals surface area contributed by atoms with Crippen molar-refractivity contribution < 1.29 is 32.2 Å². The molecule has 8 heteroatoms. The number of amides is 1. The first-order chi connectivity index (χ1) is 12.5. The van der Waals surface area contributed by atoms with E-state index in [1.807, 2.05) is 6.92 Å². The molecule has 1 heterocycles. The Balaban J connectivity index is 2.07. The first-order valence-corrected chi connectivity index (χ1v) is 8.93. The lowest BCUT2D eigenvalue weighted by molar-refractivity contribution is -0.137. The number of benzene rings is 1. The van der Waals surface area contributed by atoms with E-state index in [4.69, 9.17) is 14.2 Å². The van der Waals surface area contributed by atoms with Crippen molar-refractivity contribution in [2.24, 2.45) is 0 Å². The van der Waals surface area contributed by atoms with Crippen LogP contribution in [-0.2, 0) is 15.7 Å². The number of halogens is 3. The number of carbonyl (C=O) groups is 1. The molecule has 27 heavy (non-hydrogen) atoms. The first-order valence-electron chi connectivity index (χ1n) is 8.93. The summed E-state index contributed by atoms with van der Waals surface area (Å²) in [6, 6.07) is 4.77. The fourth-order valence-corrected chi connectivity index (χ4v) is 2.82. The summed E-state index contributed by atoms with van der Waals surface area (Å²) in [4.78, 5) is 13.8. The summed E-state index contributed by atoms with van der Waals surface area (Å²) in [5, 5.41) is 0. The number of alkyl halides is 3. The summed E-state index contributed by atoms with van der Waals surface area (Å²) in [5.41, 5.74) is -1.37. The van der Waals surface area contributed by atoms with Crippen LogP contribution in [0.5, 0.6) is 5.75 Å². The minimum absolute atomic E-state index is 0.130. The number of hydrogen-bond acceptors (Lipinski definition) is 4. The first kappa shape index (κ1) is 21.3. The summed E-state index contributed by atoms with van der Waals surface area (Å²) < 4.78 is 55.5. The molecule has 1 aliphatic rings. The van der Waals surface area contributed by atoms with Crippen LogP contribution in [0, 0.1) is 0 Å². The van der Waals surface area contributed by atoms with Gasteiger partial charge in [-0.15, -0.1) is 0 Å². The van der Waals surface area contributed by atoms with Crippen LogP contribution in [0.25, 0.3) is 0 Å². The Morgan fingerprint density at radius 1 is 1.22 bits per heavy atom. The monoisotopic (exact) mass is 389 g/mol. The zero-order valence-electron chi connectivity index (χ0n) is 16.0. The van der Waals surface area contributed by atoms with E-state index in [0.717, 1.165) is 12.1 Å². The molecule has 2 atom stereocenters. The Kier molecular flexibility index (Phi) is 6.62. The van der Waals surface area contributed by atoms with Crippen molar-refractivity contribution in [1.29, 1.82) is 0 Å². The number of ether oxygens (including phenoxy) is 3. The van der Waals surface area contributed by atoms with Crippen LogP contribution in [0.3, 0.4) is 0 Å². The van der Waals surface area contributed by atoms with Crippen LogP contribution in [0.1, 0.15) is 39.7 Å². The highest BCUT2D eigenvalue weighted by Gasteiger charge is 2.36. The molecule has 1 aromatic rings. The Labute approximate surface area is 157 Å². The number of hydrogen-bond donors (Lipinski definition) is 0. The number of rotatable bonds is 4. The lowest BCUT2D eigenvalue weighted by Crippen LogP contribution is -2.53. The molecule has 0 aliphatic carbocycles. The fraction of sp³-hybridized carbons (Fsp3) is 0.632. The van der Waals surface area contributed by atoms with Crippen LogP contribution >= 0.6 is 0 Å². The minimum Gasteiger partial charge on any atom is -0.488 e. The summed E-state index contributed by atoms with van der Waals surface area (Å²) in [6.45, 7) is 8.20. The molecule has 0 saturated carbocycles. The minimum atomic E-state index is -4.43. The molecule has 152 valence electrons. The molecular weight excluding hydrogens is 363 g/mol. The predicted molar refractivity (Wildman–Crippen MR) is 93.7 cm³/mol. The molecule has 5 nitrogen and oxygen atoms in total. The van der Waals surface area contributed by atoms with Gasteiger partial charge in [0.25, 0.3) is 0 Å². The van der Waals surface area contributed by atoms with Crippen LogP contribution < -0.4 is 4.74 Å². The summed E-state index contributed by atoms with van der Waals surface area (Å²) in [7, 11) is 0. The lowest BCUT2D eigenvalue weighted by atomic mass is 10.0. The van der Waals surface area contributed by atoms with Gasteiger partial charge >= 0.3 is 12.3 Å². The maximum atomic E-state index is 12.9. The largest absolute Gasteiger partial charge is 0.488 e. The van der Waals surface area contributed by atoms with Crippen molar-refractivity contribution in [3.05, 3.63) is 29.8 Å². The van der Waals surface area contributed by atoms with Crippen LogP contribution in [0.15, 0.2) is 24.3 Å². The highest BCUT2D eigenvalue weighted by molar-refractivity contribution is 5.68. The lowest BCUT2D eigenvalue weighted by Gasteiger charge is -2.38. The molecular formula is C19H26F3NO4. The normalized spacial score (nSPS) is 21.1. The molecule has 0 aromatic heterocycles. The van der Waals surface area contributed by atoms with E-state index in [1.165, 1.54) is 17.0 Å². The van der Waals surface area contributed by atoms with E-state index in [2.05, 4.69) is 0 Å². The van der Waals surface area contributed by atoms with Crippen molar-refractivity contribution in [2.45, 2.75) is 58.1 Å². The number of carbonyl (C=O) groups excluding carboxylic acids is 1. The van der Waals surface area contributed by atoms with Crippen molar-refractivity contribution in [3.63, 3.8) is 0 Å². The van der Waals surface area contributed by atoms with Gasteiger partial charge in [0.05, 0.1) is 12.1 Å². The standard InChI is InChI=1S/C19H26F3NO4/c1-5-25-16-12-23(17(24)27-18(2,3)4)10-9-15(16)26-14-8-6-7-13(11-14)19(20,21)22/h6-8,11,15-16H,5,9-10,12H2,1-4H3/t15-,16-/m1/s1. The predicted octanol–water partition coefficient (Wildman–Crippen LogP) is 4.50. The molecule has 1 aromatic carbocycles. The van der Waals surface area contributed by atoms with Gasteiger partial charge in [0.1, 0.15) is 23.6 Å². The third-order valence-corrected chi connectivity index (χ3v) is 3.98. The molecule has 0 radical (unpaired) electrons. The van der Waals surface area contributed by atoms with E-state index in [1.54, 1.807) is 20.8 Å². The van der Waals surface area contributed by atoms with Crippen molar-refractivity contribution in [1.82, 2.24) is 4.90 Å². The molecule has 0 unspecified atom stereocenters. The summed E-state index contributed by atoms with van der Waals surface area (Å²) >= 11 is 0. The number of piperidine rings is 1. The average Bonchev–Trinajstić information content (AvgIpc) is 2.54. The highest BCUT2D eigenvalue weighted by Crippen LogP contribution is 2.32. The molecule has 2 rings (SSSR count). The van der Waals surface area contributed by atoms with Crippen LogP contribution in [-0.4, -0.2) is 48.5 Å². The second kappa shape index (κ2) is 8.37. The number of likely N-dealkylation sites (tertiary alicyclic amines) is 1. The molecule has 1 amide bonds. The quantitative estimate of drug-likeness (QED) is 0.761. The second-order valence-electron chi connectivity index (χ2n) is 7.39. The van der Waals surface area contributed by atoms with Crippen LogP contribution in [0.2, 0.25) is 0 Å². The second-order valence-corrected chi connectivity index (χ2v) is 7.39.